The average Bonchev–Trinajstić information content (AvgIpc) is 2.84. The van der Waals surface area contributed by atoms with Gasteiger partial charge in [-0.1, -0.05) is 6.92 Å². The quantitative estimate of drug-likeness (QED) is 0.795. The molecule has 0 saturated carbocycles. The van der Waals surface area contributed by atoms with Crippen molar-refractivity contribution in [2.75, 3.05) is 26.2 Å². The minimum absolute atomic E-state index is 0.0654. The molecule has 0 radical (unpaired) electrons. The third-order valence-corrected chi connectivity index (χ3v) is 4.62. The fourth-order valence-electron chi connectivity index (χ4n) is 3.03. The van der Waals surface area contributed by atoms with Crippen molar-refractivity contribution in [3.63, 3.8) is 0 Å². The van der Waals surface area contributed by atoms with Gasteiger partial charge in [0.2, 0.25) is 5.91 Å². The molecule has 1 amide bonds. The van der Waals surface area contributed by atoms with Crippen LogP contribution in [-0.2, 0) is 9.53 Å². The lowest BCUT2D eigenvalue weighted by atomic mass is 9.76. The summed E-state index contributed by atoms with van der Waals surface area (Å²) in [4.78, 5) is 12.1. The second kappa shape index (κ2) is 6.02. The van der Waals surface area contributed by atoms with E-state index in [0.29, 0.717) is 12.0 Å². The zero-order valence-corrected chi connectivity index (χ0v) is 11.6. The lowest BCUT2D eigenvalue weighted by molar-refractivity contribution is -0.125. The van der Waals surface area contributed by atoms with Crippen molar-refractivity contribution in [1.82, 2.24) is 10.6 Å². The van der Waals surface area contributed by atoms with Crippen LogP contribution in [0.15, 0.2) is 0 Å². The molecule has 2 fully saturated rings. The Morgan fingerprint density at radius 2 is 2.17 bits per heavy atom. The van der Waals surface area contributed by atoms with Gasteiger partial charge >= 0.3 is 0 Å². The van der Waals surface area contributed by atoms with Gasteiger partial charge in [0.25, 0.3) is 0 Å². The van der Waals surface area contributed by atoms with E-state index >= 15 is 0 Å². The van der Waals surface area contributed by atoms with Gasteiger partial charge in [0.05, 0.1) is 18.6 Å². The Morgan fingerprint density at radius 3 is 2.72 bits per heavy atom. The third kappa shape index (κ3) is 3.23. The SMILES string of the molecule is CCC1(CNC(=O)C2COC(C)C2)CCNCC1. The molecule has 0 bridgehead atoms. The van der Waals surface area contributed by atoms with Gasteiger partial charge in [-0.05, 0) is 51.1 Å². The lowest BCUT2D eigenvalue weighted by Gasteiger charge is -2.37. The van der Waals surface area contributed by atoms with E-state index in [-0.39, 0.29) is 17.9 Å². The molecule has 2 unspecified atom stereocenters. The Labute approximate surface area is 110 Å². The number of carbonyl (C=O) groups excluding carboxylic acids is 1. The summed E-state index contributed by atoms with van der Waals surface area (Å²) >= 11 is 0. The molecule has 2 aliphatic heterocycles. The minimum Gasteiger partial charge on any atom is -0.378 e. The Kier molecular flexibility index (Phi) is 4.62. The first kappa shape index (κ1) is 13.8. The van der Waals surface area contributed by atoms with Crippen LogP contribution >= 0.6 is 0 Å². The predicted molar refractivity (Wildman–Crippen MR) is 71.4 cm³/mol. The molecule has 2 saturated heterocycles. The van der Waals surface area contributed by atoms with Crippen LogP contribution in [-0.4, -0.2) is 38.3 Å². The summed E-state index contributed by atoms with van der Waals surface area (Å²) < 4.78 is 5.46. The van der Waals surface area contributed by atoms with Crippen LogP contribution in [0.4, 0.5) is 0 Å². The van der Waals surface area contributed by atoms with Gasteiger partial charge in [-0.25, -0.2) is 0 Å². The zero-order valence-electron chi connectivity index (χ0n) is 11.6. The normalized spacial score (nSPS) is 31.2. The molecule has 4 nitrogen and oxygen atoms in total. The molecule has 0 aromatic heterocycles. The van der Waals surface area contributed by atoms with Crippen LogP contribution in [0.1, 0.15) is 39.5 Å². The number of amides is 1. The highest BCUT2D eigenvalue weighted by Crippen LogP contribution is 2.31. The summed E-state index contributed by atoms with van der Waals surface area (Å²) in [6.45, 7) is 7.84. The highest BCUT2D eigenvalue weighted by atomic mass is 16.5. The van der Waals surface area contributed by atoms with Crippen LogP contribution in [0.5, 0.6) is 0 Å². The second-order valence-corrected chi connectivity index (χ2v) is 5.90. The summed E-state index contributed by atoms with van der Waals surface area (Å²) in [5.41, 5.74) is 0.311. The fraction of sp³-hybridized carbons (Fsp3) is 0.929. The smallest absolute Gasteiger partial charge is 0.225 e. The Morgan fingerprint density at radius 1 is 1.44 bits per heavy atom. The van der Waals surface area contributed by atoms with Gasteiger partial charge in [-0.3, -0.25) is 4.79 Å². The molecule has 0 aliphatic carbocycles. The van der Waals surface area contributed by atoms with E-state index in [1.807, 2.05) is 6.92 Å². The number of hydrogen-bond acceptors (Lipinski definition) is 3. The maximum Gasteiger partial charge on any atom is 0.225 e. The second-order valence-electron chi connectivity index (χ2n) is 5.90. The first-order valence-electron chi connectivity index (χ1n) is 7.25. The number of rotatable bonds is 4. The van der Waals surface area contributed by atoms with E-state index in [0.717, 1.165) is 32.5 Å². The number of hydrogen-bond donors (Lipinski definition) is 2. The van der Waals surface area contributed by atoms with Gasteiger partial charge in [0.1, 0.15) is 0 Å². The Balaban J connectivity index is 1.80. The van der Waals surface area contributed by atoms with Crippen LogP contribution in [0, 0.1) is 11.3 Å². The predicted octanol–water partition coefficient (Wildman–Crippen LogP) is 1.31. The van der Waals surface area contributed by atoms with Gasteiger partial charge in [-0.2, -0.15) is 0 Å². The van der Waals surface area contributed by atoms with E-state index in [1.165, 1.54) is 12.8 Å². The van der Waals surface area contributed by atoms with E-state index in [4.69, 9.17) is 4.74 Å². The molecule has 104 valence electrons. The van der Waals surface area contributed by atoms with Gasteiger partial charge in [0.15, 0.2) is 0 Å². The van der Waals surface area contributed by atoms with Crippen molar-refractivity contribution in [2.45, 2.75) is 45.6 Å². The Hall–Kier alpha value is -0.610. The maximum absolute atomic E-state index is 12.1. The van der Waals surface area contributed by atoms with Gasteiger partial charge in [0, 0.05) is 6.54 Å². The summed E-state index contributed by atoms with van der Waals surface area (Å²) in [6, 6.07) is 0. The van der Waals surface area contributed by atoms with Crippen LogP contribution in [0.25, 0.3) is 0 Å². The molecule has 2 atom stereocenters. The van der Waals surface area contributed by atoms with E-state index in [2.05, 4.69) is 17.6 Å². The average molecular weight is 254 g/mol. The zero-order chi connectivity index (χ0) is 13.0. The highest BCUT2D eigenvalue weighted by Gasteiger charge is 2.33. The van der Waals surface area contributed by atoms with E-state index in [1.54, 1.807) is 0 Å². The number of nitrogens with one attached hydrogen (secondary N) is 2. The summed E-state index contributed by atoms with van der Waals surface area (Å²) in [5, 5.41) is 6.55. The third-order valence-electron chi connectivity index (χ3n) is 4.62. The fourth-order valence-corrected chi connectivity index (χ4v) is 3.03. The van der Waals surface area contributed by atoms with Crippen LogP contribution in [0.2, 0.25) is 0 Å². The molecule has 18 heavy (non-hydrogen) atoms. The molecule has 0 spiro atoms. The standard InChI is InChI=1S/C14H26N2O2/c1-3-14(4-6-15-7-5-14)10-16-13(17)12-8-11(2)18-9-12/h11-12,15H,3-10H2,1-2H3,(H,16,17). The van der Waals surface area contributed by atoms with Crippen LogP contribution in [0.3, 0.4) is 0 Å². The van der Waals surface area contributed by atoms with Gasteiger partial charge in [-0.15, -0.1) is 0 Å². The molecular formula is C14H26N2O2. The summed E-state index contributed by atoms with van der Waals surface area (Å²) in [7, 11) is 0. The van der Waals surface area contributed by atoms with Crippen molar-refractivity contribution in [3.8, 4) is 0 Å². The Bertz CT molecular complexity index is 288. The van der Waals surface area contributed by atoms with Crippen molar-refractivity contribution >= 4 is 5.91 Å². The van der Waals surface area contributed by atoms with Gasteiger partial charge < -0.3 is 15.4 Å². The largest absolute Gasteiger partial charge is 0.378 e. The number of carbonyl (C=O) groups is 1. The van der Waals surface area contributed by atoms with Crippen molar-refractivity contribution in [3.05, 3.63) is 0 Å². The summed E-state index contributed by atoms with van der Waals surface area (Å²) in [5.74, 6) is 0.251. The molecule has 2 heterocycles. The number of piperidine rings is 1. The van der Waals surface area contributed by atoms with Crippen molar-refractivity contribution in [2.24, 2.45) is 11.3 Å². The van der Waals surface area contributed by atoms with Crippen LogP contribution < -0.4 is 10.6 Å². The molecule has 0 aromatic rings. The lowest BCUT2D eigenvalue weighted by Crippen LogP contribution is -2.45. The molecule has 2 N–H and O–H groups in total. The first-order chi connectivity index (χ1) is 8.65. The maximum atomic E-state index is 12.1. The molecule has 0 aromatic carbocycles. The first-order valence-corrected chi connectivity index (χ1v) is 7.25. The summed E-state index contributed by atoms with van der Waals surface area (Å²) in [6.07, 6.45) is 4.58. The molecular weight excluding hydrogens is 228 g/mol. The molecule has 2 aliphatic rings. The number of ether oxygens (including phenoxy) is 1. The minimum atomic E-state index is 0.0654. The monoisotopic (exact) mass is 254 g/mol. The van der Waals surface area contributed by atoms with Crippen molar-refractivity contribution < 1.29 is 9.53 Å². The molecule has 2 rings (SSSR count). The highest BCUT2D eigenvalue weighted by molar-refractivity contribution is 5.79. The topological polar surface area (TPSA) is 50.4 Å². The van der Waals surface area contributed by atoms with Crippen molar-refractivity contribution in [1.29, 1.82) is 0 Å². The molecule has 4 heteroatoms. The van der Waals surface area contributed by atoms with E-state index in [9.17, 15) is 4.79 Å². The van der Waals surface area contributed by atoms with E-state index < -0.39 is 0 Å².